The second-order valence-corrected chi connectivity index (χ2v) is 6.30. The Balaban J connectivity index is 1.61. The summed E-state index contributed by atoms with van der Waals surface area (Å²) in [6.45, 7) is 1.74. The van der Waals surface area contributed by atoms with E-state index in [0.717, 1.165) is 29.0 Å². The molecule has 3 rings (SSSR count). The second-order valence-electron chi connectivity index (χ2n) is 5.22. The number of hydrogen-bond donors (Lipinski definition) is 0. The summed E-state index contributed by atoms with van der Waals surface area (Å²) in [6, 6.07) is 10.8. The van der Waals surface area contributed by atoms with Crippen LogP contribution in [0, 0.1) is 0 Å². The molecule has 2 aromatic rings. The van der Waals surface area contributed by atoms with Gasteiger partial charge in [0.2, 0.25) is 0 Å². The van der Waals surface area contributed by atoms with Crippen LogP contribution >= 0.6 is 11.3 Å². The Kier molecular flexibility index (Phi) is 4.25. The number of ketones is 1. The molecule has 118 valence electrons. The summed E-state index contributed by atoms with van der Waals surface area (Å²) in [7, 11) is 0. The lowest BCUT2D eigenvalue weighted by atomic mass is 10.2. The molecule has 23 heavy (non-hydrogen) atoms. The number of anilines is 1. The van der Waals surface area contributed by atoms with Crippen molar-refractivity contribution in [2.45, 2.75) is 13.3 Å². The highest BCUT2D eigenvalue weighted by Crippen LogP contribution is 2.27. The van der Waals surface area contributed by atoms with Gasteiger partial charge in [0, 0.05) is 12.2 Å². The van der Waals surface area contributed by atoms with E-state index in [4.69, 9.17) is 4.74 Å². The first kappa shape index (κ1) is 15.4. The van der Waals surface area contributed by atoms with Crippen LogP contribution in [0.3, 0.4) is 0 Å². The molecule has 0 fully saturated rings. The predicted molar refractivity (Wildman–Crippen MR) is 87.1 cm³/mol. The van der Waals surface area contributed by atoms with Crippen LogP contribution in [0.2, 0.25) is 0 Å². The van der Waals surface area contributed by atoms with E-state index in [1.807, 2.05) is 24.3 Å². The summed E-state index contributed by atoms with van der Waals surface area (Å²) in [6.07, 6.45) is 0.808. The summed E-state index contributed by atoms with van der Waals surface area (Å²) < 4.78 is 5.08. The van der Waals surface area contributed by atoms with Gasteiger partial charge in [-0.3, -0.25) is 9.59 Å². The van der Waals surface area contributed by atoms with Crippen LogP contribution in [0.15, 0.2) is 36.4 Å². The Bertz CT molecular complexity index is 780. The number of esters is 1. The molecule has 1 aromatic carbocycles. The third-order valence-corrected chi connectivity index (χ3v) is 4.84. The normalized spacial score (nSPS) is 12.8. The summed E-state index contributed by atoms with van der Waals surface area (Å²) >= 11 is 1.07. The topological polar surface area (TPSA) is 63.7 Å². The Labute approximate surface area is 137 Å². The van der Waals surface area contributed by atoms with E-state index in [1.165, 1.54) is 6.92 Å². The maximum absolute atomic E-state index is 12.3. The van der Waals surface area contributed by atoms with E-state index in [-0.39, 0.29) is 18.3 Å². The second kappa shape index (κ2) is 6.34. The van der Waals surface area contributed by atoms with Gasteiger partial charge >= 0.3 is 5.97 Å². The molecule has 0 saturated carbocycles. The summed E-state index contributed by atoms with van der Waals surface area (Å²) in [5.74, 6) is -0.922. The van der Waals surface area contributed by atoms with E-state index < -0.39 is 5.97 Å². The minimum absolute atomic E-state index is 0.0983. The van der Waals surface area contributed by atoms with Gasteiger partial charge in [-0.05, 0) is 37.1 Å². The number of carbonyl (C=O) groups is 3. The molecule has 1 aliphatic rings. The quantitative estimate of drug-likeness (QED) is 0.639. The van der Waals surface area contributed by atoms with Crippen LogP contribution in [0.5, 0.6) is 0 Å². The van der Waals surface area contributed by atoms with E-state index in [9.17, 15) is 14.4 Å². The molecule has 2 heterocycles. The summed E-state index contributed by atoms with van der Waals surface area (Å²) in [4.78, 5) is 37.9. The van der Waals surface area contributed by atoms with Crippen molar-refractivity contribution in [3.05, 3.63) is 51.7 Å². The number of fused-ring (bicyclic) bond motifs is 1. The lowest BCUT2D eigenvalue weighted by molar-refractivity contribution is -0.121. The van der Waals surface area contributed by atoms with E-state index >= 15 is 0 Å². The number of thiophene rings is 1. The zero-order valence-corrected chi connectivity index (χ0v) is 13.4. The first-order valence-electron chi connectivity index (χ1n) is 7.22. The van der Waals surface area contributed by atoms with Crippen LogP contribution in [0.1, 0.15) is 31.8 Å². The third kappa shape index (κ3) is 3.17. The van der Waals surface area contributed by atoms with Crippen molar-refractivity contribution in [1.29, 1.82) is 0 Å². The molecule has 5 nitrogen and oxygen atoms in total. The number of ether oxygens (including phenoxy) is 1. The van der Waals surface area contributed by atoms with Gasteiger partial charge in [-0.25, -0.2) is 4.79 Å². The van der Waals surface area contributed by atoms with Crippen molar-refractivity contribution >= 4 is 34.7 Å². The van der Waals surface area contributed by atoms with Gasteiger partial charge in [-0.15, -0.1) is 11.3 Å². The Morgan fingerprint density at radius 2 is 1.87 bits per heavy atom. The highest BCUT2D eigenvalue weighted by Gasteiger charge is 2.25. The highest BCUT2D eigenvalue weighted by molar-refractivity contribution is 7.15. The smallest absolute Gasteiger partial charge is 0.348 e. The molecule has 0 spiro atoms. The number of nitrogens with zero attached hydrogens (tertiary/aromatic N) is 1. The fourth-order valence-electron chi connectivity index (χ4n) is 2.51. The molecule has 0 saturated heterocycles. The fourth-order valence-corrected chi connectivity index (χ4v) is 3.31. The van der Waals surface area contributed by atoms with Crippen molar-refractivity contribution in [3.63, 3.8) is 0 Å². The maximum atomic E-state index is 12.3. The summed E-state index contributed by atoms with van der Waals surface area (Å²) in [5.41, 5.74) is 2.00. The average molecular weight is 329 g/mol. The van der Waals surface area contributed by atoms with Gasteiger partial charge in [0.25, 0.3) is 5.91 Å². The molecule has 0 unspecified atom stereocenters. The third-order valence-electron chi connectivity index (χ3n) is 3.67. The highest BCUT2D eigenvalue weighted by atomic mass is 32.1. The van der Waals surface area contributed by atoms with Crippen molar-refractivity contribution in [3.8, 4) is 0 Å². The van der Waals surface area contributed by atoms with E-state index in [0.29, 0.717) is 16.3 Å². The molecule has 1 aromatic heterocycles. The van der Waals surface area contributed by atoms with Crippen LogP contribution in [0.25, 0.3) is 0 Å². The molecule has 1 amide bonds. The standard InChI is InChI=1S/C17H15NO4S/c1-11(19)14-6-7-15(23-14)17(21)22-10-16(20)18-9-8-12-4-2-3-5-13(12)18/h2-7H,8-10H2,1H3. The first-order valence-corrected chi connectivity index (χ1v) is 8.04. The lowest BCUT2D eigenvalue weighted by Gasteiger charge is -2.16. The van der Waals surface area contributed by atoms with Crippen molar-refractivity contribution in [2.24, 2.45) is 0 Å². The van der Waals surface area contributed by atoms with E-state index in [1.54, 1.807) is 17.0 Å². The minimum Gasteiger partial charge on any atom is -0.451 e. The number of rotatable bonds is 4. The van der Waals surface area contributed by atoms with Crippen LogP contribution in [-0.2, 0) is 16.0 Å². The van der Waals surface area contributed by atoms with Gasteiger partial charge < -0.3 is 9.64 Å². The van der Waals surface area contributed by atoms with Crippen molar-refractivity contribution in [1.82, 2.24) is 0 Å². The minimum atomic E-state index is -0.580. The Morgan fingerprint density at radius 1 is 1.13 bits per heavy atom. The molecule has 0 aliphatic carbocycles. The van der Waals surface area contributed by atoms with Crippen molar-refractivity contribution < 1.29 is 19.1 Å². The molecule has 0 bridgehead atoms. The molecule has 0 radical (unpaired) electrons. The molecule has 0 atom stereocenters. The average Bonchev–Trinajstić information content (AvgIpc) is 3.19. The van der Waals surface area contributed by atoms with Gasteiger partial charge in [-0.2, -0.15) is 0 Å². The zero-order chi connectivity index (χ0) is 16.4. The zero-order valence-electron chi connectivity index (χ0n) is 12.6. The van der Waals surface area contributed by atoms with Gasteiger partial charge in [0.15, 0.2) is 12.4 Å². The number of carbonyl (C=O) groups excluding carboxylic acids is 3. The largest absolute Gasteiger partial charge is 0.451 e. The van der Waals surface area contributed by atoms with Crippen molar-refractivity contribution in [2.75, 3.05) is 18.1 Å². The molecular formula is C17H15NO4S. The molecule has 6 heteroatoms. The number of Topliss-reactive ketones (excluding diaryl/α,β-unsaturated/α-hetero) is 1. The Hall–Kier alpha value is -2.47. The van der Waals surface area contributed by atoms with Crippen LogP contribution in [-0.4, -0.2) is 30.8 Å². The van der Waals surface area contributed by atoms with Gasteiger partial charge in [0.05, 0.1) is 4.88 Å². The number of benzene rings is 1. The van der Waals surface area contributed by atoms with E-state index in [2.05, 4.69) is 0 Å². The SMILES string of the molecule is CC(=O)c1ccc(C(=O)OCC(=O)N2CCc3ccccc32)s1. The molecule has 1 aliphatic heterocycles. The van der Waals surface area contributed by atoms with Crippen LogP contribution in [0.4, 0.5) is 5.69 Å². The predicted octanol–water partition coefficient (Wildman–Crippen LogP) is 2.70. The molecule has 0 N–H and O–H groups in total. The van der Waals surface area contributed by atoms with Crippen LogP contribution < -0.4 is 4.90 Å². The summed E-state index contributed by atoms with van der Waals surface area (Å²) in [5, 5.41) is 0. The maximum Gasteiger partial charge on any atom is 0.348 e. The fraction of sp³-hybridized carbons (Fsp3) is 0.235. The number of amides is 1. The number of para-hydroxylation sites is 1. The lowest BCUT2D eigenvalue weighted by Crippen LogP contribution is -2.33. The van der Waals surface area contributed by atoms with Gasteiger partial charge in [-0.1, -0.05) is 18.2 Å². The molecular weight excluding hydrogens is 314 g/mol. The number of hydrogen-bond acceptors (Lipinski definition) is 5. The monoisotopic (exact) mass is 329 g/mol. The van der Waals surface area contributed by atoms with Gasteiger partial charge in [0.1, 0.15) is 4.88 Å². The first-order chi connectivity index (χ1) is 11.1. The Morgan fingerprint density at radius 3 is 2.61 bits per heavy atom.